The van der Waals surface area contributed by atoms with Crippen LogP contribution in [0.5, 0.6) is 5.75 Å². The summed E-state index contributed by atoms with van der Waals surface area (Å²) in [7, 11) is 2.14. The molecule has 0 spiro atoms. The SMILES string of the molecule is Cc1c(C(=O)NC(CCC2CC2)C(=O)N2CCc3c(OC4CCN(C)CC4)cccc32)[nH]c2c1C(=O)CC(C)(C)C2. The summed E-state index contributed by atoms with van der Waals surface area (Å²) in [5.74, 6) is 1.22. The lowest BCUT2D eigenvalue weighted by Crippen LogP contribution is -2.48. The van der Waals surface area contributed by atoms with Crippen molar-refractivity contribution >= 4 is 23.3 Å². The van der Waals surface area contributed by atoms with E-state index in [-0.39, 0.29) is 29.1 Å². The van der Waals surface area contributed by atoms with Gasteiger partial charge in [-0.15, -0.1) is 0 Å². The molecule has 2 aliphatic carbocycles. The van der Waals surface area contributed by atoms with Gasteiger partial charge in [0, 0.05) is 42.9 Å². The molecule has 1 aromatic heterocycles. The van der Waals surface area contributed by atoms with E-state index in [1.165, 1.54) is 12.8 Å². The van der Waals surface area contributed by atoms with E-state index in [4.69, 9.17) is 4.74 Å². The van der Waals surface area contributed by atoms with Crippen molar-refractivity contribution in [2.45, 2.75) is 90.7 Å². The van der Waals surface area contributed by atoms with E-state index in [2.05, 4.69) is 36.1 Å². The molecule has 8 heteroatoms. The lowest BCUT2D eigenvalue weighted by atomic mass is 9.75. The molecular formula is C33H44N4O4. The van der Waals surface area contributed by atoms with Crippen LogP contribution in [0, 0.1) is 18.3 Å². The van der Waals surface area contributed by atoms with Crippen LogP contribution in [0.1, 0.15) is 96.5 Å². The Hall–Kier alpha value is -3.13. The first-order valence-electron chi connectivity index (χ1n) is 15.4. The highest BCUT2D eigenvalue weighted by Crippen LogP contribution is 2.39. The summed E-state index contributed by atoms with van der Waals surface area (Å²) in [6.45, 7) is 8.63. The zero-order valence-electron chi connectivity index (χ0n) is 25.0. The zero-order valence-corrected chi connectivity index (χ0v) is 25.0. The smallest absolute Gasteiger partial charge is 0.268 e. The lowest BCUT2D eigenvalue weighted by molar-refractivity contribution is -0.120. The number of H-pyrrole nitrogens is 1. The molecule has 1 aromatic carbocycles. The quantitative estimate of drug-likeness (QED) is 0.482. The van der Waals surface area contributed by atoms with Gasteiger partial charge < -0.3 is 24.8 Å². The van der Waals surface area contributed by atoms with Crippen molar-refractivity contribution < 1.29 is 19.1 Å². The normalized spacial score (nSPS) is 21.4. The third-order valence-corrected chi connectivity index (χ3v) is 9.50. The van der Waals surface area contributed by atoms with Crippen molar-refractivity contribution in [3.8, 4) is 5.75 Å². The van der Waals surface area contributed by atoms with Gasteiger partial charge in [0.05, 0.1) is 5.69 Å². The highest BCUT2D eigenvalue weighted by molar-refractivity contribution is 6.06. The molecule has 1 unspecified atom stereocenters. The van der Waals surface area contributed by atoms with E-state index < -0.39 is 6.04 Å². The van der Waals surface area contributed by atoms with Gasteiger partial charge in [-0.1, -0.05) is 32.8 Å². The molecular weight excluding hydrogens is 516 g/mol. The minimum atomic E-state index is -0.626. The second kappa shape index (κ2) is 10.9. The number of carbonyl (C=O) groups excluding carboxylic acids is 3. The minimum absolute atomic E-state index is 0.0691. The predicted octanol–water partition coefficient (Wildman–Crippen LogP) is 4.83. The Morgan fingerprint density at radius 3 is 2.61 bits per heavy atom. The molecule has 41 heavy (non-hydrogen) atoms. The fourth-order valence-electron chi connectivity index (χ4n) is 6.97. The Morgan fingerprint density at radius 2 is 1.88 bits per heavy atom. The molecule has 1 atom stereocenters. The summed E-state index contributed by atoms with van der Waals surface area (Å²) in [4.78, 5) is 48.0. The number of likely N-dealkylation sites (tertiary alicyclic amines) is 1. The Kier molecular flexibility index (Phi) is 7.47. The number of hydrogen-bond acceptors (Lipinski definition) is 5. The van der Waals surface area contributed by atoms with E-state index in [1.807, 2.05) is 30.0 Å². The summed E-state index contributed by atoms with van der Waals surface area (Å²) >= 11 is 0. The molecule has 2 N–H and O–H groups in total. The number of amides is 2. The average Bonchev–Trinajstić information content (AvgIpc) is 3.55. The van der Waals surface area contributed by atoms with Gasteiger partial charge in [0.1, 0.15) is 23.6 Å². The van der Waals surface area contributed by atoms with Crippen molar-refractivity contribution in [2.75, 3.05) is 31.6 Å². The average molecular weight is 561 g/mol. The monoisotopic (exact) mass is 560 g/mol. The van der Waals surface area contributed by atoms with Crippen LogP contribution in [-0.2, 0) is 17.6 Å². The summed E-state index contributed by atoms with van der Waals surface area (Å²) in [6, 6.07) is 5.37. The molecule has 1 saturated carbocycles. The fourth-order valence-corrected chi connectivity index (χ4v) is 6.97. The van der Waals surface area contributed by atoms with Gasteiger partial charge in [0.25, 0.3) is 5.91 Å². The minimum Gasteiger partial charge on any atom is -0.490 e. The number of rotatable bonds is 8. The number of nitrogens with zero attached hydrogens (tertiary/aromatic N) is 2. The summed E-state index contributed by atoms with van der Waals surface area (Å²) in [5.41, 5.74) is 4.42. The number of ether oxygens (including phenoxy) is 1. The predicted molar refractivity (Wildman–Crippen MR) is 159 cm³/mol. The maximum Gasteiger partial charge on any atom is 0.268 e. The van der Waals surface area contributed by atoms with Gasteiger partial charge in [0.2, 0.25) is 5.91 Å². The highest BCUT2D eigenvalue weighted by atomic mass is 16.5. The van der Waals surface area contributed by atoms with Crippen molar-refractivity contribution in [2.24, 2.45) is 11.3 Å². The van der Waals surface area contributed by atoms with Crippen molar-refractivity contribution in [3.05, 3.63) is 46.3 Å². The molecule has 2 aromatic rings. The first kappa shape index (κ1) is 28.0. The van der Waals surface area contributed by atoms with Gasteiger partial charge in [-0.25, -0.2) is 0 Å². The van der Waals surface area contributed by atoms with Gasteiger partial charge in [-0.3, -0.25) is 14.4 Å². The number of piperidine rings is 1. The first-order chi connectivity index (χ1) is 19.6. The van der Waals surface area contributed by atoms with Crippen LogP contribution in [-0.4, -0.2) is 66.3 Å². The molecule has 2 fully saturated rings. The van der Waals surface area contributed by atoms with Crippen LogP contribution >= 0.6 is 0 Å². The standard InChI is InChI=1S/C33H44N4O4/c1-20-29-25(18-33(2,3)19-27(29)38)34-30(20)31(39)35-24(11-10-21-8-9-21)32(40)37-17-14-23-26(37)6-5-7-28(23)41-22-12-15-36(4)16-13-22/h5-7,21-22,24,34H,8-19H2,1-4H3,(H,35,39). The number of ketones is 1. The van der Waals surface area contributed by atoms with Gasteiger partial charge >= 0.3 is 0 Å². The number of aromatic nitrogens is 1. The third kappa shape index (κ3) is 5.81. The van der Waals surface area contributed by atoms with Crippen LogP contribution in [0.4, 0.5) is 5.69 Å². The van der Waals surface area contributed by atoms with Crippen molar-refractivity contribution in [1.82, 2.24) is 15.2 Å². The largest absolute Gasteiger partial charge is 0.490 e. The summed E-state index contributed by atoms with van der Waals surface area (Å²) in [5, 5.41) is 3.09. The van der Waals surface area contributed by atoms with Gasteiger partial charge in [0.15, 0.2) is 5.78 Å². The number of anilines is 1. The second-order valence-electron chi connectivity index (χ2n) is 13.6. The van der Waals surface area contributed by atoms with E-state index in [9.17, 15) is 14.4 Å². The van der Waals surface area contributed by atoms with Crippen LogP contribution in [0.15, 0.2) is 18.2 Å². The van der Waals surface area contributed by atoms with E-state index >= 15 is 0 Å². The third-order valence-electron chi connectivity index (χ3n) is 9.50. The van der Waals surface area contributed by atoms with Crippen LogP contribution < -0.4 is 15.0 Å². The highest BCUT2D eigenvalue weighted by Gasteiger charge is 2.38. The molecule has 0 radical (unpaired) electrons. The zero-order chi connectivity index (χ0) is 28.9. The summed E-state index contributed by atoms with van der Waals surface area (Å²) in [6.07, 6.45) is 8.05. The number of carbonyl (C=O) groups is 3. The Bertz CT molecular complexity index is 1350. The number of fused-ring (bicyclic) bond motifs is 2. The van der Waals surface area contributed by atoms with Crippen LogP contribution in [0.2, 0.25) is 0 Å². The fraction of sp³-hybridized carbons (Fsp3) is 0.606. The Morgan fingerprint density at radius 1 is 1.12 bits per heavy atom. The molecule has 1 saturated heterocycles. The lowest BCUT2D eigenvalue weighted by Gasteiger charge is -2.30. The van der Waals surface area contributed by atoms with Crippen molar-refractivity contribution in [1.29, 1.82) is 0 Å². The van der Waals surface area contributed by atoms with Crippen LogP contribution in [0.25, 0.3) is 0 Å². The Labute approximate surface area is 243 Å². The molecule has 8 nitrogen and oxygen atoms in total. The summed E-state index contributed by atoms with van der Waals surface area (Å²) < 4.78 is 6.45. The first-order valence-corrected chi connectivity index (χ1v) is 15.4. The molecule has 0 bridgehead atoms. The number of aromatic amines is 1. The maximum atomic E-state index is 14.1. The Balaban J connectivity index is 1.20. The van der Waals surface area contributed by atoms with E-state index in [1.54, 1.807) is 0 Å². The molecule has 220 valence electrons. The molecule has 2 aliphatic heterocycles. The number of benzene rings is 1. The number of Topliss-reactive ketones (excluding diaryl/α,β-unsaturated/α-hetero) is 1. The van der Waals surface area contributed by atoms with E-state index in [0.29, 0.717) is 42.1 Å². The second-order valence-corrected chi connectivity index (χ2v) is 13.6. The van der Waals surface area contributed by atoms with Crippen molar-refractivity contribution in [3.63, 3.8) is 0 Å². The number of nitrogens with one attached hydrogen (secondary N) is 2. The number of hydrogen-bond donors (Lipinski definition) is 2. The van der Waals surface area contributed by atoms with Gasteiger partial charge in [-0.2, -0.15) is 0 Å². The maximum absolute atomic E-state index is 14.1. The van der Waals surface area contributed by atoms with Crippen LogP contribution in [0.3, 0.4) is 0 Å². The molecule has 4 aliphatic rings. The topological polar surface area (TPSA) is 94.7 Å². The van der Waals surface area contributed by atoms with E-state index in [0.717, 1.165) is 67.9 Å². The molecule has 3 heterocycles. The molecule has 6 rings (SSSR count). The van der Waals surface area contributed by atoms with Gasteiger partial charge in [-0.05, 0) is 81.5 Å². The molecule has 2 amide bonds.